The van der Waals surface area contributed by atoms with Crippen molar-refractivity contribution in [3.63, 3.8) is 0 Å². The molecular formula is C23H26N2O3. The van der Waals surface area contributed by atoms with Gasteiger partial charge >= 0.3 is 0 Å². The van der Waals surface area contributed by atoms with Gasteiger partial charge in [-0.2, -0.15) is 0 Å². The van der Waals surface area contributed by atoms with E-state index in [0.717, 1.165) is 33.9 Å². The molecule has 2 aromatic carbocycles. The SMILES string of the molecule is CC1=CC(C)(C)N(C(=O)CNCc2ccc3c(c2)OCO3)c2cc(C)ccc21. The van der Waals surface area contributed by atoms with Gasteiger partial charge in [0.1, 0.15) is 0 Å². The summed E-state index contributed by atoms with van der Waals surface area (Å²) in [7, 11) is 0. The third-order valence-corrected chi connectivity index (χ3v) is 5.26. The van der Waals surface area contributed by atoms with Crippen molar-refractivity contribution in [2.24, 2.45) is 0 Å². The summed E-state index contributed by atoms with van der Waals surface area (Å²) in [5.74, 6) is 1.58. The number of anilines is 1. The van der Waals surface area contributed by atoms with Crippen LogP contribution < -0.4 is 19.7 Å². The zero-order chi connectivity index (χ0) is 19.9. The highest BCUT2D eigenvalue weighted by molar-refractivity contribution is 6.01. The van der Waals surface area contributed by atoms with Crippen LogP contribution in [0, 0.1) is 6.92 Å². The van der Waals surface area contributed by atoms with Crippen molar-refractivity contribution in [3.8, 4) is 11.5 Å². The first-order valence-corrected chi connectivity index (χ1v) is 9.58. The highest BCUT2D eigenvalue weighted by Crippen LogP contribution is 2.39. The number of carbonyl (C=O) groups is 1. The molecule has 0 unspecified atom stereocenters. The molecule has 0 radical (unpaired) electrons. The van der Waals surface area contributed by atoms with Crippen LogP contribution in [0.3, 0.4) is 0 Å². The zero-order valence-corrected chi connectivity index (χ0v) is 16.8. The molecule has 2 aliphatic heterocycles. The van der Waals surface area contributed by atoms with E-state index in [9.17, 15) is 4.79 Å². The molecule has 4 rings (SSSR count). The van der Waals surface area contributed by atoms with E-state index in [1.54, 1.807) is 0 Å². The van der Waals surface area contributed by atoms with Crippen LogP contribution in [0.1, 0.15) is 37.5 Å². The van der Waals surface area contributed by atoms with Crippen molar-refractivity contribution in [2.45, 2.75) is 39.8 Å². The normalized spacial score (nSPS) is 16.6. The van der Waals surface area contributed by atoms with Crippen molar-refractivity contribution >= 4 is 17.2 Å². The van der Waals surface area contributed by atoms with E-state index in [1.165, 1.54) is 5.57 Å². The second-order valence-corrected chi connectivity index (χ2v) is 8.02. The summed E-state index contributed by atoms with van der Waals surface area (Å²) in [5.41, 5.74) is 5.14. The Bertz CT molecular complexity index is 962. The molecule has 0 bridgehead atoms. The highest BCUT2D eigenvalue weighted by atomic mass is 16.7. The van der Waals surface area contributed by atoms with Crippen LogP contribution in [0.25, 0.3) is 5.57 Å². The fraction of sp³-hybridized carbons (Fsp3) is 0.348. The van der Waals surface area contributed by atoms with Crippen LogP contribution in [0.2, 0.25) is 0 Å². The quantitative estimate of drug-likeness (QED) is 0.872. The number of hydrogen-bond donors (Lipinski definition) is 1. The number of rotatable bonds is 4. The molecular weight excluding hydrogens is 352 g/mol. The van der Waals surface area contributed by atoms with Crippen molar-refractivity contribution in [2.75, 3.05) is 18.2 Å². The Morgan fingerprint density at radius 3 is 2.71 bits per heavy atom. The minimum Gasteiger partial charge on any atom is -0.454 e. The minimum atomic E-state index is -0.373. The molecule has 2 heterocycles. The standard InChI is InChI=1S/C23H26N2O3/c1-15-5-7-18-16(2)11-23(3,4)25(19(18)9-15)22(26)13-24-12-17-6-8-20-21(10-17)28-14-27-20/h5-11,24H,12-14H2,1-4H3. The minimum absolute atomic E-state index is 0.0568. The molecule has 5 nitrogen and oxygen atoms in total. The topological polar surface area (TPSA) is 50.8 Å². The van der Waals surface area contributed by atoms with E-state index in [1.807, 2.05) is 23.1 Å². The highest BCUT2D eigenvalue weighted by Gasteiger charge is 2.35. The van der Waals surface area contributed by atoms with Gasteiger partial charge in [-0.25, -0.2) is 0 Å². The number of nitrogens with zero attached hydrogens (tertiary/aromatic N) is 1. The van der Waals surface area contributed by atoms with Crippen molar-refractivity contribution in [1.29, 1.82) is 0 Å². The molecule has 5 heteroatoms. The Balaban J connectivity index is 1.49. The van der Waals surface area contributed by atoms with Crippen molar-refractivity contribution < 1.29 is 14.3 Å². The van der Waals surface area contributed by atoms with Gasteiger partial charge < -0.3 is 19.7 Å². The Hall–Kier alpha value is -2.79. The van der Waals surface area contributed by atoms with Crippen molar-refractivity contribution in [3.05, 3.63) is 59.2 Å². The number of fused-ring (bicyclic) bond motifs is 2. The zero-order valence-electron chi connectivity index (χ0n) is 16.8. The molecule has 0 atom stereocenters. The fourth-order valence-electron chi connectivity index (χ4n) is 4.04. The molecule has 0 aromatic heterocycles. The van der Waals surface area contributed by atoms with E-state index in [2.05, 4.69) is 57.3 Å². The first kappa shape index (κ1) is 18.6. The second-order valence-electron chi connectivity index (χ2n) is 8.02. The number of aryl methyl sites for hydroxylation is 1. The predicted octanol–water partition coefficient (Wildman–Crippen LogP) is 4.04. The summed E-state index contributed by atoms with van der Waals surface area (Å²) >= 11 is 0. The molecule has 0 aliphatic carbocycles. The summed E-state index contributed by atoms with van der Waals surface area (Å²) in [4.78, 5) is 15.1. The van der Waals surface area contributed by atoms with Gasteiger partial charge in [0.25, 0.3) is 0 Å². The summed E-state index contributed by atoms with van der Waals surface area (Å²) in [6.45, 7) is 9.44. The number of nitrogens with one attached hydrogen (secondary N) is 1. The molecule has 2 aromatic rings. The van der Waals surface area contributed by atoms with Gasteiger partial charge in [0, 0.05) is 12.1 Å². The number of amides is 1. The lowest BCUT2D eigenvalue weighted by Gasteiger charge is -2.41. The van der Waals surface area contributed by atoms with Crippen LogP contribution in [0.15, 0.2) is 42.5 Å². The van der Waals surface area contributed by atoms with E-state index < -0.39 is 0 Å². The number of ether oxygens (including phenoxy) is 2. The maximum Gasteiger partial charge on any atom is 0.241 e. The molecule has 1 N–H and O–H groups in total. The third-order valence-electron chi connectivity index (χ3n) is 5.26. The lowest BCUT2D eigenvalue weighted by Crippen LogP contribution is -2.51. The van der Waals surface area contributed by atoms with Gasteiger partial charge in [-0.05, 0) is 62.6 Å². The molecule has 28 heavy (non-hydrogen) atoms. The predicted molar refractivity (Wildman–Crippen MR) is 111 cm³/mol. The van der Waals surface area contributed by atoms with Gasteiger partial charge in [0.05, 0.1) is 17.8 Å². The summed E-state index contributed by atoms with van der Waals surface area (Å²) in [5, 5.41) is 3.28. The van der Waals surface area contributed by atoms with E-state index in [0.29, 0.717) is 6.54 Å². The molecule has 146 valence electrons. The number of benzene rings is 2. The number of hydrogen-bond acceptors (Lipinski definition) is 4. The summed E-state index contributed by atoms with van der Waals surface area (Å²) < 4.78 is 10.8. The lowest BCUT2D eigenvalue weighted by molar-refractivity contribution is -0.118. The molecule has 0 saturated heterocycles. The van der Waals surface area contributed by atoms with Crippen LogP contribution in [-0.4, -0.2) is 24.8 Å². The second kappa shape index (κ2) is 6.99. The van der Waals surface area contributed by atoms with Crippen LogP contribution in [0.4, 0.5) is 5.69 Å². The Labute approximate surface area is 165 Å². The van der Waals surface area contributed by atoms with Crippen LogP contribution in [-0.2, 0) is 11.3 Å². The maximum atomic E-state index is 13.2. The lowest BCUT2D eigenvalue weighted by atomic mass is 9.88. The maximum absolute atomic E-state index is 13.2. The first-order chi connectivity index (χ1) is 13.3. The van der Waals surface area contributed by atoms with Crippen LogP contribution >= 0.6 is 0 Å². The molecule has 2 aliphatic rings. The van der Waals surface area contributed by atoms with Crippen molar-refractivity contribution in [1.82, 2.24) is 5.32 Å². The molecule has 0 saturated carbocycles. The Morgan fingerprint density at radius 2 is 1.89 bits per heavy atom. The smallest absolute Gasteiger partial charge is 0.241 e. The summed E-state index contributed by atoms with van der Waals surface area (Å²) in [6, 6.07) is 12.1. The Morgan fingerprint density at radius 1 is 1.11 bits per heavy atom. The average molecular weight is 378 g/mol. The fourth-order valence-corrected chi connectivity index (χ4v) is 4.04. The van der Waals surface area contributed by atoms with E-state index in [-0.39, 0.29) is 24.8 Å². The van der Waals surface area contributed by atoms with E-state index in [4.69, 9.17) is 9.47 Å². The third kappa shape index (κ3) is 3.38. The largest absolute Gasteiger partial charge is 0.454 e. The summed E-state index contributed by atoms with van der Waals surface area (Å²) in [6.07, 6.45) is 2.17. The number of allylic oxidation sites excluding steroid dienone is 1. The number of carbonyl (C=O) groups excluding carboxylic acids is 1. The molecule has 0 fully saturated rings. The van der Waals surface area contributed by atoms with Gasteiger partial charge in [-0.3, -0.25) is 4.79 Å². The molecule has 1 amide bonds. The van der Waals surface area contributed by atoms with E-state index >= 15 is 0 Å². The van der Waals surface area contributed by atoms with Crippen LogP contribution in [0.5, 0.6) is 11.5 Å². The average Bonchev–Trinajstić information content (AvgIpc) is 3.08. The van der Waals surface area contributed by atoms with Gasteiger partial charge in [0.15, 0.2) is 11.5 Å². The van der Waals surface area contributed by atoms with Gasteiger partial charge in [0.2, 0.25) is 12.7 Å². The Kier molecular flexibility index (Phi) is 4.63. The molecule has 0 spiro atoms. The van der Waals surface area contributed by atoms with Gasteiger partial charge in [-0.15, -0.1) is 0 Å². The monoisotopic (exact) mass is 378 g/mol. The first-order valence-electron chi connectivity index (χ1n) is 9.58. The van der Waals surface area contributed by atoms with Gasteiger partial charge in [-0.1, -0.05) is 24.3 Å².